The number of aromatic amines is 1. The van der Waals surface area contributed by atoms with Gasteiger partial charge in [0.1, 0.15) is 11.7 Å². The normalized spacial score (nSPS) is 13.4. The number of nitrogens with zero attached hydrogens (tertiary/aromatic N) is 5. The highest BCUT2D eigenvalue weighted by Crippen LogP contribution is 2.27. The Morgan fingerprint density at radius 1 is 1.24 bits per heavy atom. The van der Waals surface area contributed by atoms with Crippen molar-refractivity contribution in [2.24, 2.45) is 0 Å². The molecule has 7 nitrogen and oxygen atoms in total. The van der Waals surface area contributed by atoms with Crippen molar-refractivity contribution in [2.75, 3.05) is 5.32 Å². The molecular weight excluding hydrogens is 335 g/mol. The molecule has 0 aliphatic rings. The largest absolute Gasteiger partial charge is 0.408 e. The van der Waals surface area contributed by atoms with Gasteiger partial charge in [0.2, 0.25) is 5.95 Å². The van der Waals surface area contributed by atoms with Crippen LogP contribution in [0.25, 0.3) is 27.9 Å². The molecule has 128 valence electrons. The highest BCUT2D eigenvalue weighted by atomic mass is 19.4. The minimum Gasteiger partial charge on any atom is -0.345 e. The van der Waals surface area contributed by atoms with Crippen LogP contribution in [0.1, 0.15) is 6.92 Å². The number of aromatic nitrogens is 6. The molecule has 0 bridgehead atoms. The smallest absolute Gasteiger partial charge is 0.345 e. The summed E-state index contributed by atoms with van der Waals surface area (Å²) >= 11 is 0. The second-order valence-corrected chi connectivity index (χ2v) is 5.51. The molecule has 0 fully saturated rings. The number of hydrogen-bond donors (Lipinski definition) is 2. The predicted molar refractivity (Wildman–Crippen MR) is 85.0 cm³/mol. The van der Waals surface area contributed by atoms with E-state index in [2.05, 4.69) is 30.4 Å². The van der Waals surface area contributed by atoms with Crippen molar-refractivity contribution in [1.82, 2.24) is 29.5 Å². The Bertz CT molecular complexity index is 1050. The summed E-state index contributed by atoms with van der Waals surface area (Å²) in [6.45, 7) is 1.01. The number of anilines is 1. The standard InChI is InChI=1S/C15H12F3N7/c1-8(15(16,17)18)22-14-20-7-10-9(6-19-13(10)24-14)11-3-5-25-12(23-11)2-4-21-25/h2-8H,1H3,(H2,19,20,22,24). The van der Waals surface area contributed by atoms with E-state index < -0.39 is 12.2 Å². The van der Waals surface area contributed by atoms with Gasteiger partial charge in [0, 0.05) is 35.6 Å². The molecule has 25 heavy (non-hydrogen) atoms. The van der Waals surface area contributed by atoms with Gasteiger partial charge in [-0.3, -0.25) is 0 Å². The summed E-state index contributed by atoms with van der Waals surface area (Å²) in [5.41, 5.74) is 2.56. The monoisotopic (exact) mass is 347 g/mol. The average Bonchev–Trinajstić information content (AvgIpc) is 3.19. The van der Waals surface area contributed by atoms with E-state index in [4.69, 9.17) is 0 Å². The first kappa shape index (κ1) is 15.4. The summed E-state index contributed by atoms with van der Waals surface area (Å²) in [5, 5.41) is 7.00. The van der Waals surface area contributed by atoms with Gasteiger partial charge in [-0.2, -0.15) is 23.3 Å². The summed E-state index contributed by atoms with van der Waals surface area (Å²) in [5.74, 6) is -0.0927. The van der Waals surface area contributed by atoms with Crippen LogP contribution < -0.4 is 5.32 Å². The van der Waals surface area contributed by atoms with Gasteiger partial charge >= 0.3 is 6.18 Å². The van der Waals surface area contributed by atoms with E-state index >= 15 is 0 Å². The lowest BCUT2D eigenvalue weighted by molar-refractivity contribution is -0.138. The predicted octanol–water partition coefficient (Wildman–Crippen LogP) is 3.03. The van der Waals surface area contributed by atoms with E-state index in [-0.39, 0.29) is 5.95 Å². The maximum atomic E-state index is 12.6. The van der Waals surface area contributed by atoms with Crippen LogP contribution in [0.3, 0.4) is 0 Å². The quantitative estimate of drug-likeness (QED) is 0.595. The maximum Gasteiger partial charge on any atom is 0.408 e. The van der Waals surface area contributed by atoms with Gasteiger partial charge in [-0.1, -0.05) is 0 Å². The Morgan fingerprint density at radius 3 is 2.88 bits per heavy atom. The number of nitrogens with one attached hydrogen (secondary N) is 2. The van der Waals surface area contributed by atoms with Crippen molar-refractivity contribution in [3.8, 4) is 11.3 Å². The topological polar surface area (TPSA) is 83.8 Å². The molecular formula is C15H12F3N7. The van der Waals surface area contributed by atoms with E-state index in [9.17, 15) is 13.2 Å². The number of alkyl halides is 3. The highest BCUT2D eigenvalue weighted by Gasteiger charge is 2.36. The summed E-state index contributed by atoms with van der Waals surface area (Å²) < 4.78 is 39.5. The molecule has 0 aromatic carbocycles. The zero-order chi connectivity index (χ0) is 17.6. The van der Waals surface area contributed by atoms with Crippen molar-refractivity contribution >= 4 is 22.6 Å². The summed E-state index contributed by atoms with van der Waals surface area (Å²) in [6.07, 6.45) is 2.22. The van der Waals surface area contributed by atoms with Gasteiger partial charge in [-0.15, -0.1) is 0 Å². The van der Waals surface area contributed by atoms with Crippen molar-refractivity contribution in [3.05, 3.63) is 36.9 Å². The Morgan fingerprint density at radius 2 is 2.08 bits per heavy atom. The average molecular weight is 347 g/mol. The van der Waals surface area contributed by atoms with Crippen molar-refractivity contribution in [1.29, 1.82) is 0 Å². The van der Waals surface area contributed by atoms with Gasteiger partial charge in [-0.25, -0.2) is 14.5 Å². The van der Waals surface area contributed by atoms with Crippen LogP contribution in [0.4, 0.5) is 19.1 Å². The van der Waals surface area contributed by atoms with Crippen LogP contribution in [0.5, 0.6) is 0 Å². The fraction of sp³-hybridized carbons (Fsp3) is 0.200. The zero-order valence-electron chi connectivity index (χ0n) is 12.9. The molecule has 4 aromatic heterocycles. The van der Waals surface area contributed by atoms with E-state index in [0.717, 1.165) is 12.5 Å². The molecule has 0 saturated heterocycles. The number of rotatable bonds is 3. The third-order valence-corrected chi connectivity index (χ3v) is 3.80. The van der Waals surface area contributed by atoms with Gasteiger partial charge in [0.15, 0.2) is 5.65 Å². The van der Waals surface area contributed by atoms with Crippen LogP contribution in [0.15, 0.2) is 36.9 Å². The molecule has 4 aromatic rings. The van der Waals surface area contributed by atoms with E-state index in [1.165, 1.54) is 6.20 Å². The molecule has 0 radical (unpaired) electrons. The summed E-state index contributed by atoms with van der Waals surface area (Å²) in [4.78, 5) is 15.5. The molecule has 1 unspecified atom stereocenters. The lowest BCUT2D eigenvalue weighted by Gasteiger charge is -2.16. The number of fused-ring (bicyclic) bond motifs is 2. The van der Waals surface area contributed by atoms with Crippen LogP contribution >= 0.6 is 0 Å². The first-order valence-electron chi connectivity index (χ1n) is 7.40. The Labute approximate surface area is 138 Å². The van der Waals surface area contributed by atoms with Crippen LogP contribution in [0.2, 0.25) is 0 Å². The van der Waals surface area contributed by atoms with Crippen LogP contribution in [-0.4, -0.2) is 41.8 Å². The summed E-state index contributed by atoms with van der Waals surface area (Å²) in [7, 11) is 0. The maximum absolute atomic E-state index is 12.6. The second kappa shape index (κ2) is 5.43. The van der Waals surface area contributed by atoms with Crippen molar-refractivity contribution in [3.63, 3.8) is 0 Å². The fourth-order valence-corrected chi connectivity index (χ4v) is 2.43. The number of hydrogen-bond acceptors (Lipinski definition) is 5. The van der Waals surface area contributed by atoms with E-state index in [1.807, 2.05) is 0 Å². The minimum atomic E-state index is -4.37. The fourth-order valence-electron chi connectivity index (χ4n) is 2.43. The molecule has 0 spiro atoms. The molecule has 1 atom stereocenters. The van der Waals surface area contributed by atoms with Gasteiger partial charge in [0.25, 0.3) is 0 Å². The number of halogens is 3. The van der Waals surface area contributed by atoms with Gasteiger partial charge in [-0.05, 0) is 13.0 Å². The Hall–Kier alpha value is -3.17. The first-order chi connectivity index (χ1) is 11.9. The second-order valence-electron chi connectivity index (χ2n) is 5.51. The zero-order valence-corrected chi connectivity index (χ0v) is 12.9. The molecule has 0 aliphatic heterocycles. The third kappa shape index (κ3) is 2.75. The molecule has 0 amide bonds. The lowest BCUT2D eigenvalue weighted by Crippen LogP contribution is -2.33. The Kier molecular flexibility index (Phi) is 3.34. The number of H-pyrrole nitrogens is 1. The molecule has 4 rings (SSSR count). The highest BCUT2D eigenvalue weighted by molar-refractivity contribution is 5.92. The van der Waals surface area contributed by atoms with Crippen molar-refractivity contribution in [2.45, 2.75) is 19.1 Å². The summed E-state index contributed by atoms with van der Waals surface area (Å²) in [6, 6.07) is 1.82. The van der Waals surface area contributed by atoms with Crippen LogP contribution in [-0.2, 0) is 0 Å². The Balaban J connectivity index is 1.70. The third-order valence-electron chi connectivity index (χ3n) is 3.80. The first-order valence-corrected chi connectivity index (χ1v) is 7.40. The minimum absolute atomic E-state index is 0.0927. The van der Waals surface area contributed by atoms with E-state index in [1.54, 1.807) is 35.2 Å². The van der Waals surface area contributed by atoms with Crippen molar-refractivity contribution < 1.29 is 13.2 Å². The van der Waals surface area contributed by atoms with E-state index in [0.29, 0.717) is 22.4 Å². The molecule has 4 heterocycles. The molecule has 2 N–H and O–H groups in total. The van der Waals surface area contributed by atoms with Gasteiger partial charge < -0.3 is 10.3 Å². The SMILES string of the molecule is CC(Nc1ncc2c(-c3ccn4nccc4n3)c[nH]c2n1)C(F)(F)F. The molecule has 10 heteroatoms. The van der Waals surface area contributed by atoms with Gasteiger partial charge in [0.05, 0.1) is 11.9 Å². The van der Waals surface area contributed by atoms with Crippen LogP contribution in [0, 0.1) is 0 Å². The molecule has 0 aliphatic carbocycles. The lowest BCUT2D eigenvalue weighted by atomic mass is 10.2. The molecule has 0 saturated carbocycles.